The molecule has 1 fully saturated rings. The Morgan fingerprint density at radius 1 is 1.12 bits per heavy atom. The van der Waals surface area contributed by atoms with Crippen molar-refractivity contribution in [3.63, 3.8) is 0 Å². The van der Waals surface area contributed by atoms with E-state index in [-0.39, 0.29) is 0 Å². The van der Waals surface area contributed by atoms with Gasteiger partial charge in [-0.15, -0.1) is 0 Å². The molecule has 1 N–H and O–H groups in total. The van der Waals surface area contributed by atoms with E-state index in [1.54, 1.807) is 7.11 Å². The lowest BCUT2D eigenvalue weighted by atomic mass is 10.1. The molecule has 134 valence electrons. The van der Waals surface area contributed by atoms with Crippen LogP contribution in [0.25, 0.3) is 0 Å². The van der Waals surface area contributed by atoms with Gasteiger partial charge in [-0.2, -0.15) is 0 Å². The normalized spacial score (nSPS) is 14.7. The number of hydrogen-bond acceptors (Lipinski definition) is 3. The fourth-order valence-electron chi connectivity index (χ4n) is 3.36. The molecule has 3 rings (SSSR count). The average molecular weight is 404 g/mol. The van der Waals surface area contributed by atoms with Crippen molar-refractivity contribution in [3.05, 3.63) is 57.6 Å². The Hall–Kier alpha value is -1.52. The third-order valence-electron chi connectivity index (χ3n) is 4.70. The van der Waals surface area contributed by atoms with Crippen LogP contribution >= 0.6 is 15.9 Å². The van der Waals surface area contributed by atoms with Crippen LogP contribution in [-0.4, -0.2) is 13.2 Å². The maximum atomic E-state index is 6.04. The van der Waals surface area contributed by atoms with Crippen LogP contribution in [0.4, 0.5) is 0 Å². The third-order valence-corrected chi connectivity index (χ3v) is 5.29. The summed E-state index contributed by atoms with van der Waals surface area (Å²) in [5.41, 5.74) is 3.60. The fraction of sp³-hybridized carbons (Fsp3) is 0.429. The van der Waals surface area contributed by atoms with Crippen molar-refractivity contribution in [2.75, 3.05) is 7.11 Å². The van der Waals surface area contributed by atoms with E-state index in [2.05, 4.69) is 64.6 Å². The summed E-state index contributed by atoms with van der Waals surface area (Å²) in [4.78, 5) is 0. The van der Waals surface area contributed by atoms with E-state index in [1.165, 1.54) is 36.8 Å². The second-order valence-electron chi connectivity index (χ2n) is 6.75. The number of ether oxygens (including phenoxy) is 2. The largest absolute Gasteiger partial charge is 0.493 e. The molecule has 0 spiro atoms. The van der Waals surface area contributed by atoms with E-state index in [1.807, 2.05) is 0 Å². The summed E-state index contributed by atoms with van der Waals surface area (Å²) in [6, 6.07) is 13.2. The predicted molar refractivity (Wildman–Crippen MR) is 105 cm³/mol. The smallest absolute Gasteiger partial charge is 0.175 e. The number of halogens is 1. The maximum Gasteiger partial charge on any atom is 0.175 e. The van der Waals surface area contributed by atoms with Crippen LogP contribution in [0.15, 0.2) is 40.9 Å². The van der Waals surface area contributed by atoms with Crippen molar-refractivity contribution >= 4 is 15.9 Å². The van der Waals surface area contributed by atoms with E-state index in [0.717, 1.165) is 28.1 Å². The van der Waals surface area contributed by atoms with Gasteiger partial charge >= 0.3 is 0 Å². The van der Waals surface area contributed by atoms with Gasteiger partial charge < -0.3 is 14.8 Å². The number of methoxy groups -OCH3 is 1. The number of hydrogen-bond donors (Lipinski definition) is 1. The predicted octanol–water partition coefficient (Wildman–Crippen LogP) is 5.38. The molecule has 1 aliphatic rings. The zero-order valence-corrected chi connectivity index (χ0v) is 16.6. The van der Waals surface area contributed by atoms with Crippen LogP contribution in [0, 0.1) is 6.92 Å². The number of benzene rings is 2. The van der Waals surface area contributed by atoms with E-state index >= 15 is 0 Å². The van der Waals surface area contributed by atoms with Gasteiger partial charge in [0.2, 0.25) is 0 Å². The quantitative estimate of drug-likeness (QED) is 0.672. The van der Waals surface area contributed by atoms with Crippen LogP contribution in [0.5, 0.6) is 11.5 Å². The molecule has 0 radical (unpaired) electrons. The molecule has 0 aliphatic heterocycles. The Balaban J connectivity index is 1.68. The minimum atomic E-state index is 0.524. The molecule has 0 atom stereocenters. The first-order valence-electron chi connectivity index (χ1n) is 8.94. The monoisotopic (exact) mass is 403 g/mol. The SMILES string of the molecule is COc1cc(CNC2CCCC2)cc(Br)c1OCc1cccc(C)c1. The lowest BCUT2D eigenvalue weighted by Gasteiger charge is -2.16. The second kappa shape index (κ2) is 8.72. The van der Waals surface area contributed by atoms with Crippen molar-refractivity contribution in [1.29, 1.82) is 0 Å². The van der Waals surface area contributed by atoms with E-state index in [9.17, 15) is 0 Å². The summed E-state index contributed by atoms with van der Waals surface area (Å²) < 4.78 is 12.5. The maximum absolute atomic E-state index is 6.04. The molecule has 0 amide bonds. The molecule has 0 bridgehead atoms. The van der Waals surface area contributed by atoms with Crippen molar-refractivity contribution in [2.24, 2.45) is 0 Å². The molecule has 25 heavy (non-hydrogen) atoms. The van der Waals surface area contributed by atoms with Gasteiger partial charge in [-0.3, -0.25) is 0 Å². The van der Waals surface area contributed by atoms with Crippen LogP contribution < -0.4 is 14.8 Å². The first kappa shape index (κ1) is 18.3. The zero-order chi connectivity index (χ0) is 17.6. The topological polar surface area (TPSA) is 30.5 Å². The second-order valence-corrected chi connectivity index (χ2v) is 7.60. The van der Waals surface area contributed by atoms with Gasteiger partial charge in [0.15, 0.2) is 11.5 Å². The van der Waals surface area contributed by atoms with E-state index in [4.69, 9.17) is 9.47 Å². The van der Waals surface area contributed by atoms with Crippen molar-refractivity contribution in [3.8, 4) is 11.5 Å². The Morgan fingerprint density at radius 3 is 2.64 bits per heavy atom. The van der Waals surface area contributed by atoms with Crippen molar-refractivity contribution in [2.45, 2.75) is 51.8 Å². The average Bonchev–Trinajstić information content (AvgIpc) is 3.12. The van der Waals surface area contributed by atoms with E-state index < -0.39 is 0 Å². The molecule has 3 nitrogen and oxygen atoms in total. The van der Waals surface area contributed by atoms with Gasteiger partial charge in [0.1, 0.15) is 6.61 Å². The highest BCUT2D eigenvalue weighted by Gasteiger charge is 2.16. The summed E-state index contributed by atoms with van der Waals surface area (Å²) in [5.74, 6) is 1.53. The molecule has 1 saturated carbocycles. The highest BCUT2D eigenvalue weighted by molar-refractivity contribution is 9.10. The molecule has 1 aliphatic carbocycles. The van der Waals surface area contributed by atoms with Crippen LogP contribution in [0.2, 0.25) is 0 Å². The Labute approximate surface area is 158 Å². The van der Waals surface area contributed by atoms with Gasteiger partial charge in [-0.05, 0) is 59.0 Å². The Bertz CT molecular complexity index is 711. The van der Waals surface area contributed by atoms with Crippen LogP contribution in [-0.2, 0) is 13.2 Å². The fourth-order valence-corrected chi connectivity index (χ4v) is 3.97. The standard InChI is InChI=1S/C21H26BrNO2/c1-15-6-5-7-16(10-15)14-25-21-19(22)11-17(12-20(21)24-2)13-23-18-8-3-4-9-18/h5-7,10-12,18,23H,3-4,8-9,13-14H2,1-2H3. The Kier molecular flexibility index (Phi) is 6.38. The lowest BCUT2D eigenvalue weighted by molar-refractivity contribution is 0.282. The van der Waals surface area contributed by atoms with Gasteiger partial charge in [0, 0.05) is 12.6 Å². The molecular formula is C21H26BrNO2. The number of rotatable bonds is 7. The van der Waals surface area contributed by atoms with Gasteiger partial charge in [0.05, 0.1) is 11.6 Å². The number of nitrogens with one attached hydrogen (secondary N) is 1. The van der Waals surface area contributed by atoms with Crippen molar-refractivity contribution < 1.29 is 9.47 Å². The minimum absolute atomic E-state index is 0.524. The summed E-state index contributed by atoms with van der Waals surface area (Å²) in [5, 5.41) is 3.64. The molecule has 2 aromatic rings. The van der Waals surface area contributed by atoms with Crippen LogP contribution in [0.1, 0.15) is 42.4 Å². The summed E-state index contributed by atoms with van der Waals surface area (Å²) in [7, 11) is 1.69. The highest BCUT2D eigenvalue weighted by Crippen LogP contribution is 2.37. The summed E-state index contributed by atoms with van der Waals surface area (Å²) in [6.07, 6.45) is 5.26. The molecule has 4 heteroatoms. The highest BCUT2D eigenvalue weighted by atomic mass is 79.9. The molecular weight excluding hydrogens is 378 g/mol. The van der Waals surface area contributed by atoms with Gasteiger partial charge in [-0.1, -0.05) is 42.7 Å². The van der Waals surface area contributed by atoms with Gasteiger partial charge in [-0.25, -0.2) is 0 Å². The van der Waals surface area contributed by atoms with E-state index in [0.29, 0.717) is 12.6 Å². The Morgan fingerprint density at radius 2 is 1.92 bits per heavy atom. The molecule has 0 unspecified atom stereocenters. The summed E-state index contributed by atoms with van der Waals surface area (Å²) >= 11 is 3.65. The molecule has 0 aromatic heterocycles. The first-order chi connectivity index (χ1) is 12.2. The minimum Gasteiger partial charge on any atom is -0.493 e. The summed E-state index contributed by atoms with van der Waals surface area (Å²) in [6.45, 7) is 3.47. The third kappa shape index (κ3) is 4.99. The van der Waals surface area contributed by atoms with Crippen molar-refractivity contribution in [1.82, 2.24) is 5.32 Å². The molecule has 0 heterocycles. The first-order valence-corrected chi connectivity index (χ1v) is 9.73. The molecule has 2 aromatic carbocycles. The van der Waals surface area contributed by atoms with Gasteiger partial charge in [0.25, 0.3) is 0 Å². The lowest BCUT2D eigenvalue weighted by Crippen LogP contribution is -2.25. The number of aryl methyl sites for hydroxylation is 1. The molecule has 0 saturated heterocycles. The van der Waals surface area contributed by atoms with Crippen LogP contribution in [0.3, 0.4) is 0 Å². The zero-order valence-electron chi connectivity index (χ0n) is 15.0.